The SMILES string of the molecule is Cc1cc(-n2ccnc2)cc2[nH]c(-c3c(N)c(C(CO)[C@@H](O)CCc4ccccc4)c[nH]c3=O)nc12. The number of pyridine rings is 1. The molecule has 0 radical (unpaired) electrons. The maximum absolute atomic E-state index is 12.9. The molecule has 0 saturated carbocycles. The minimum Gasteiger partial charge on any atom is -0.398 e. The summed E-state index contributed by atoms with van der Waals surface area (Å²) >= 11 is 0. The van der Waals surface area contributed by atoms with Crippen molar-refractivity contribution in [3.63, 3.8) is 0 Å². The molecule has 5 rings (SSSR count). The predicted octanol–water partition coefficient (Wildman–Crippen LogP) is 3.06. The molecule has 9 nitrogen and oxygen atoms in total. The van der Waals surface area contributed by atoms with E-state index in [0.29, 0.717) is 24.2 Å². The lowest BCUT2D eigenvalue weighted by Gasteiger charge is -2.23. The standard InChI is InChI=1S/C27H28N6O3/c1-16-11-18(33-10-9-29-15-33)12-21-25(16)32-26(31-21)23-24(28)19(13-30-27(23)36)20(14-34)22(35)8-7-17-5-3-2-4-6-17/h2-6,9-13,15,20,22,34-35H,7-8,14H2,1H3,(H,31,32)(H3,28,30,36)/t20?,22-/m0/s1. The zero-order valence-corrected chi connectivity index (χ0v) is 19.8. The van der Waals surface area contributed by atoms with E-state index in [2.05, 4.69) is 19.9 Å². The molecular weight excluding hydrogens is 456 g/mol. The lowest BCUT2D eigenvalue weighted by molar-refractivity contribution is 0.0994. The first-order valence-corrected chi connectivity index (χ1v) is 11.8. The van der Waals surface area contributed by atoms with Crippen LogP contribution in [0.4, 0.5) is 5.69 Å². The number of benzene rings is 2. The number of nitrogens with one attached hydrogen (secondary N) is 2. The van der Waals surface area contributed by atoms with Crippen LogP contribution >= 0.6 is 0 Å². The molecule has 3 heterocycles. The summed E-state index contributed by atoms with van der Waals surface area (Å²) in [6, 6.07) is 13.7. The fourth-order valence-corrected chi connectivity index (χ4v) is 4.64. The number of hydrogen-bond donors (Lipinski definition) is 5. The number of aryl methyl sites for hydroxylation is 2. The van der Waals surface area contributed by atoms with E-state index in [-0.39, 0.29) is 17.9 Å². The highest BCUT2D eigenvalue weighted by molar-refractivity contribution is 5.86. The summed E-state index contributed by atoms with van der Waals surface area (Å²) in [5, 5.41) is 21.0. The molecular formula is C27H28N6O3. The first kappa shape index (κ1) is 23.5. The van der Waals surface area contributed by atoms with Gasteiger partial charge in [-0.05, 0) is 43.0 Å². The molecule has 9 heteroatoms. The quantitative estimate of drug-likeness (QED) is 0.229. The highest BCUT2D eigenvalue weighted by Crippen LogP contribution is 2.32. The molecule has 0 bridgehead atoms. The van der Waals surface area contributed by atoms with Crippen LogP contribution in [0.15, 0.2) is 72.2 Å². The van der Waals surface area contributed by atoms with Crippen molar-refractivity contribution in [1.29, 1.82) is 0 Å². The molecule has 0 fully saturated rings. The first-order valence-electron chi connectivity index (χ1n) is 11.8. The highest BCUT2D eigenvalue weighted by atomic mass is 16.3. The van der Waals surface area contributed by atoms with Crippen LogP contribution in [-0.4, -0.2) is 47.4 Å². The van der Waals surface area contributed by atoms with Crippen LogP contribution in [0.1, 0.15) is 29.0 Å². The first-order chi connectivity index (χ1) is 17.5. The zero-order valence-electron chi connectivity index (χ0n) is 19.8. The number of aliphatic hydroxyl groups is 2. The van der Waals surface area contributed by atoms with Crippen molar-refractivity contribution in [3.05, 3.63) is 94.4 Å². The second-order valence-corrected chi connectivity index (χ2v) is 8.96. The summed E-state index contributed by atoms with van der Waals surface area (Å²) < 4.78 is 1.89. The van der Waals surface area contributed by atoms with Crippen molar-refractivity contribution in [2.45, 2.75) is 31.8 Å². The fraction of sp³-hybridized carbons (Fsp3) is 0.222. The van der Waals surface area contributed by atoms with Crippen molar-refractivity contribution in [1.82, 2.24) is 24.5 Å². The molecule has 6 N–H and O–H groups in total. The molecule has 3 aromatic heterocycles. The van der Waals surface area contributed by atoms with Crippen LogP contribution in [0.25, 0.3) is 28.1 Å². The Labute approximate surface area is 207 Å². The molecule has 0 aliphatic rings. The van der Waals surface area contributed by atoms with Crippen molar-refractivity contribution < 1.29 is 10.2 Å². The van der Waals surface area contributed by atoms with E-state index in [9.17, 15) is 15.0 Å². The monoisotopic (exact) mass is 484 g/mol. The number of aliphatic hydroxyl groups excluding tert-OH is 2. The van der Waals surface area contributed by atoms with Gasteiger partial charge in [-0.25, -0.2) is 9.97 Å². The molecule has 0 spiro atoms. The number of rotatable bonds is 8. The van der Waals surface area contributed by atoms with Gasteiger partial charge in [0.2, 0.25) is 0 Å². The lowest BCUT2D eigenvalue weighted by atomic mass is 9.89. The van der Waals surface area contributed by atoms with Gasteiger partial charge in [-0.1, -0.05) is 30.3 Å². The second-order valence-electron chi connectivity index (χ2n) is 8.96. The number of anilines is 1. The zero-order chi connectivity index (χ0) is 25.2. The van der Waals surface area contributed by atoms with E-state index in [1.54, 1.807) is 12.5 Å². The highest BCUT2D eigenvalue weighted by Gasteiger charge is 2.26. The summed E-state index contributed by atoms with van der Waals surface area (Å²) in [7, 11) is 0. The summed E-state index contributed by atoms with van der Waals surface area (Å²) in [5.41, 5.74) is 11.3. The summed E-state index contributed by atoms with van der Waals surface area (Å²) in [6.45, 7) is 1.63. The maximum Gasteiger partial charge on any atom is 0.261 e. The number of nitrogens with two attached hydrogens (primary N) is 1. The Morgan fingerprint density at radius 2 is 2.00 bits per heavy atom. The predicted molar refractivity (Wildman–Crippen MR) is 139 cm³/mol. The number of nitrogens with zero attached hydrogens (tertiary/aromatic N) is 3. The van der Waals surface area contributed by atoms with Gasteiger partial charge in [0.05, 0.1) is 35.8 Å². The Morgan fingerprint density at radius 1 is 1.19 bits per heavy atom. The van der Waals surface area contributed by atoms with E-state index in [0.717, 1.165) is 27.8 Å². The largest absolute Gasteiger partial charge is 0.398 e. The smallest absolute Gasteiger partial charge is 0.261 e. The molecule has 0 aliphatic carbocycles. The van der Waals surface area contributed by atoms with Gasteiger partial charge in [0.15, 0.2) is 0 Å². The third kappa shape index (κ3) is 4.41. The third-order valence-electron chi connectivity index (χ3n) is 6.60. The summed E-state index contributed by atoms with van der Waals surface area (Å²) in [5.74, 6) is -0.338. The van der Waals surface area contributed by atoms with Gasteiger partial charge in [-0.2, -0.15) is 0 Å². The maximum atomic E-state index is 12.9. The van der Waals surface area contributed by atoms with E-state index >= 15 is 0 Å². The Kier molecular flexibility index (Phi) is 6.41. The summed E-state index contributed by atoms with van der Waals surface area (Å²) in [4.78, 5) is 27.6. The molecule has 2 atom stereocenters. The Balaban J connectivity index is 1.50. The fourth-order valence-electron chi connectivity index (χ4n) is 4.64. The molecule has 0 saturated heterocycles. The Bertz CT molecular complexity index is 1540. The van der Waals surface area contributed by atoms with E-state index in [1.165, 1.54) is 6.20 Å². The van der Waals surface area contributed by atoms with Gasteiger partial charge in [-0.15, -0.1) is 0 Å². The van der Waals surface area contributed by atoms with Crippen LogP contribution < -0.4 is 11.3 Å². The number of H-pyrrole nitrogens is 2. The number of aromatic nitrogens is 5. The molecule has 0 aliphatic heterocycles. The minimum atomic E-state index is -0.855. The minimum absolute atomic E-state index is 0.181. The second kappa shape index (κ2) is 9.80. The normalized spacial score (nSPS) is 13.2. The van der Waals surface area contributed by atoms with Gasteiger partial charge < -0.3 is 30.5 Å². The van der Waals surface area contributed by atoms with Crippen molar-refractivity contribution >= 4 is 16.7 Å². The Morgan fingerprint density at radius 3 is 2.72 bits per heavy atom. The van der Waals surface area contributed by atoms with Crippen LogP contribution in [0.3, 0.4) is 0 Å². The molecule has 1 unspecified atom stereocenters. The van der Waals surface area contributed by atoms with Gasteiger partial charge in [0.25, 0.3) is 5.56 Å². The number of hydrogen-bond acceptors (Lipinski definition) is 6. The molecule has 5 aromatic rings. The average molecular weight is 485 g/mol. The Hall–Kier alpha value is -4.21. The van der Waals surface area contributed by atoms with Crippen LogP contribution in [0.5, 0.6) is 0 Å². The van der Waals surface area contributed by atoms with Crippen molar-refractivity contribution in [2.24, 2.45) is 0 Å². The van der Waals surface area contributed by atoms with Gasteiger partial charge in [0, 0.05) is 35.8 Å². The van der Waals surface area contributed by atoms with Gasteiger partial charge in [-0.3, -0.25) is 4.79 Å². The number of imidazole rings is 2. The topological polar surface area (TPSA) is 146 Å². The van der Waals surface area contributed by atoms with Crippen molar-refractivity contribution in [2.75, 3.05) is 12.3 Å². The molecule has 0 amide bonds. The number of nitrogen functional groups attached to an aromatic ring is 1. The van der Waals surface area contributed by atoms with Crippen LogP contribution in [-0.2, 0) is 6.42 Å². The molecule has 184 valence electrons. The number of fused-ring (bicyclic) bond motifs is 1. The van der Waals surface area contributed by atoms with Crippen LogP contribution in [0, 0.1) is 6.92 Å². The average Bonchev–Trinajstić information content (AvgIpc) is 3.56. The lowest BCUT2D eigenvalue weighted by Crippen LogP contribution is -2.26. The third-order valence-corrected chi connectivity index (χ3v) is 6.60. The van der Waals surface area contributed by atoms with E-state index < -0.39 is 17.6 Å². The summed E-state index contributed by atoms with van der Waals surface area (Å²) in [6.07, 6.45) is 6.96. The number of aromatic amines is 2. The van der Waals surface area contributed by atoms with E-state index in [4.69, 9.17) is 5.73 Å². The van der Waals surface area contributed by atoms with Gasteiger partial charge >= 0.3 is 0 Å². The van der Waals surface area contributed by atoms with Crippen LogP contribution in [0.2, 0.25) is 0 Å². The molecule has 36 heavy (non-hydrogen) atoms. The van der Waals surface area contributed by atoms with E-state index in [1.807, 2.05) is 60.2 Å². The van der Waals surface area contributed by atoms with Gasteiger partial charge in [0.1, 0.15) is 11.4 Å². The van der Waals surface area contributed by atoms with Crippen molar-refractivity contribution in [3.8, 4) is 17.1 Å². The molecule has 2 aromatic carbocycles.